The molecule has 0 saturated carbocycles. The average molecular weight is 335 g/mol. The molecule has 118 valence electrons. The Kier molecular flexibility index (Phi) is 3.92. The standard InChI is InChI=1S/C16H12ClFN2O3/c1-22-12-6-4-9(16(21)23-2)13-14(12)20-15(19-13)8-3-5-11(18)10(17)7-8/h3-7H,1-2H3,(H,19,20). The van der Waals surface area contributed by atoms with Crippen molar-refractivity contribution < 1.29 is 18.7 Å². The van der Waals surface area contributed by atoms with Crippen LogP contribution in [0.15, 0.2) is 30.3 Å². The highest BCUT2D eigenvalue weighted by molar-refractivity contribution is 6.31. The molecule has 23 heavy (non-hydrogen) atoms. The Morgan fingerprint density at radius 3 is 2.70 bits per heavy atom. The number of aromatic nitrogens is 2. The number of hydrogen-bond acceptors (Lipinski definition) is 4. The first kappa shape index (κ1) is 15.3. The van der Waals surface area contributed by atoms with E-state index in [0.29, 0.717) is 33.7 Å². The zero-order valence-corrected chi connectivity index (χ0v) is 13.1. The summed E-state index contributed by atoms with van der Waals surface area (Å²) in [5.41, 5.74) is 1.85. The lowest BCUT2D eigenvalue weighted by molar-refractivity contribution is 0.0603. The molecule has 7 heteroatoms. The Morgan fingerprint density at radius 2 is 2.04 bits per heavy atom. The molecule has 0 spiro atoms. The number of benzene rings is 2. The molecule has 0 aliphatic carbocycles. The molecular weight excluding hydrogens is 323 g/mol. The Bertz CT molecular complexity index is 908. The smallest absolute Gasteiger partial charge is 0.340 e. The number of hydrogen-bond donors (Lipinski definition) is 1. The van der Waals surface area contributed by atoms with Crippen LogP contribution < -0.4 is 4.74 Å². The maximum atomic E-state index is 13.3. The Balaban J connectivity index is 2.23. The van der Waals surface area contributed by atoms with E-state index in [4.69, 9.17) is 21.1 Å². The summed E-state index contributed by atoms with van der Waals surface area (Å²) in [7, 11) is 2.81. The van der Waals surface area contributed by atoms with Gasteiger partial charge in [0.25, 0.3) is 0 Å². The van der Waals surface area contributed by atoms with Gasteiger partial charge in [0.1, 0.15) is 28.4 Å². The SMILES string of the molecule is COC(=O)c1ccc(OC)c2[nH]c(-c3ccc(F)c(Cl)c3)nc12. The van der Waals surface area contributed by atoms with Crippen molar-refractivity contribution in [1.29, 1.82) is 0 Å². The first-order chi connectivity index (χ1) is 11.0. The van der Waals surface area contributed by atoms with Gasteiger partial charge in [-0.05, 0) is 30.3 Å². The molecule has 1 aromatic heterocycles. The molecule has 0 fully saturated rings. The molecule has 0 aliphatic rings. The van der Waals surface area contributed by atoms with Gasteiger partial charge in [-0.1, -0.05) is 11.6 Å². The van der Waals surface area contributed by atoms with Crippen molar-refractivity contribution in [3.8, 4) is 17.1 Å². The molecule has 0 radical (unpaired) electrons. The van der Waals surface area contributed by atoms with Crippen LogP contribution in [0, 0.1) is 5.82 Å². The van der Waals surface area contributed by atoms with E-state index >= 15 is 0 Å². The highest BCUT2D eigenvalue weighted by Gasteiger charge is 2.18. The lowest BCUT2D eigenvalue weighted by atomic mass is 10.1. The van der Waals surface area contributed by atoms with E-state index in [1.165, 1.54) is 26.4 Å². The number of nitrogens with zero attached hydrogens (tertiary/aromatic N) is 1. The predicted octanol–water partition coefficient (Wildman–Crippen LogP) is 3.82. The Labute approximate surface area is 136 Å². The highest BCUT2D eigenvalue weighted by Crippen LogP contribution is 2.31. The second-order valence-corrected chi connectivity index (χ2v) is 5.15. The molecule has 2 aromatic carbocycles. The van der Waals surface area contributed by atoms with Crippen LogP contribution in [0.25, 0.3) is 22.4 Å². The average Bonchev–Trinajstić information content (AvgIpc) is 3.00. The van der Waals surface area contributed by atoms with E-state index in [1.807, 2.05) is 0 Å². The minimum atomic E-state index is -0.514. The second kappa shape index (κ2) is 5.89. The molecule has 0 bridgehead atoms. The number of methoxy groups -OCH3 is 2. The van der Waals surface area contributed by atoms with Crippen LogP contribution in [0.1, 0.15) is 10.4 Å². The van der Waals surface area contributed by atoms with Crippen molar-refractivity contribution >= 4 is 28.6 Å². The number of carbonyl (C=O) groups is 1. The van der Waals surface area contributed by atoms with Gasteiger partial charge >= 0.3 is 5.97 Å². The molecule has 0 atom stereocenters. The summed E-state index contributed by atoms with van der Waals surface area (Å²) < 4.78 is 23.4. The maximum absolute atomic E-state index is 13.3. The van der Waals surface area contributed by atoms with E-state index in [1.54, 1.807) is 18.2 Å². The summed E-state index contributed by atoms with van der Waals surface area (Å²) in [6.07, 6.45) is 0. The van der Waals surface area contributed by atoms with Crippen LogP contribution in [-0.2, 0) is 4.74 Å². The monoisotopic (exact) mass is 334 g/mol. The number of ether oxygens (including phenoxy) is 2. The van der Waals surface area contributed by atoms with Gasteiger partial charge in [-0.2, -0.15) is 0 Å². The first-order valence-electron chi connectivity index (χ1n) is 6.65. The summed E-state index contributed by atoms with van der Waals surface area (Å²) in [6.45, 7) is 0. The fourth-order valence-electron chi connectivity index (χ4n) is 2.29. The van der Waals surface area contributed by atoms with Gasteiger partial charge in [-0.3, -0.25) is 0 Å². The van der Waals surface area contributed by atoms with Crippen LogP contribution in [0.3, 0.4) is 0 Å². The highest BCUT2D eigenvalue weighted by atomic mass is 35.5. The van der Waals surface area contributed by atoms with E-state index in [2.05, 4.69) is 9.97 Å². The third-order valence-corrected chi connectivity index (χ3v) is 3.71. The van der Waals surface area contributed by atoms with Gasteiger partial charge in [-0.15, -0.1) is 0 Å². The number of nitrogens with one attached hydrogen (secondary N) is 1. The van der Waals surface area contributed by atoms with Crippen LogP contribution in [0.2, 0.25) is 5.02 Å². The normalized spacial score (nSPS) is 10.8. The number of fused-ring (bicyclic) bond motifs is 1. The minimum absolute atomic E-state index is 0.0110. The summed E-state index contributed by atoms with van der Waals surface area (Å²) in [5, 5.41) is -0.0110. The van der Waals surface area contributed by atoms with E-state index in [-0.39, 0.29) is 5.02 Å². The van der Waals surface area contributed by atoms with E-state index < -0.39 is 11.8 Å². The van der Waals surface area contributed by atoms with Gasteiger partial charge in [0.05, 0.1) is 24.8 Å². The molecule has 0 unspecified atom stereocenters. The third kappa shape index (κ3) is 2.61. The summed E-state index contributed by atoms with van der Waals surface area (Å²) in [6, 6.07) is 7.48. The molecule has 3 aromatic rings. The molecule has 0 saturated heterocycles. The molecule has 0 amide bonds. The number of halogens is 2. The molecule has 5 nitrogen and oxygen atoms in total. The van der Waals surface area contributed by atoms with E-state index in [0.717, 1.165) is 0 Å². The number of H-pyrrole nitrogens is 1. The lowest BCUT2D eigenvalue weighted by Crippen LogP contribution is -2.02. The second-order valence-electron chi connectivity index (χ2n) is 4.74. The number of rotatable bonds is 3. The number of esters is 1. The number of imidazole rings is 1. The van der Waals surface area contributed by atoms with Gasteiger partial charge in [0, 0.05) is 5.56 Å². The minimum Gasteiger partial charge on any atom is -0.494 e. The maximum Gasteiger partial charge on any atom is 0.340 e. The van der Waals surface area contributed by atoms with Crippen molar-refractivity contribution in [1.82, 2.24) is 9.97 Å². The molecule has 3 rings (SSSR count). The molecular formula is C16H12ClFN2O3. The fourth-order valence-corrected chi connectivity index (χ4v) is 2.47. The van der Waals surface area contributed by atoms with Crippen LogP contribution in [-0.4, -0.2) is 30.2 Å². The van der Waals surface area contributed by atoms with Crippen LogP contribution in [0.4, 0.5) is 4.39 Å². The van der Waals surface area contributed by atoms with Crippen molar-refractivity contribution in [2.45, 2.75) is 0 Å². The fraction of sp³-hybridized carbons (Fsp3) is 0.125. The van der Waals surface area contributed by atoms with Crippen molar-refractivity contribution in [2.24, 2.45) is 0 Å². The summed E-state index contributed by atoms with van der Waals surface area (Å²) >= 11 is 5.81. The zero-order valence-electron chi connectivity index (χ0n) is 12.3. The topological polar surface area (TPSA) is 64.2 Å². The Hall–Kier alpha value is -2.60. The molecule has 1 heterocycles. The summed E-state index contributed by atoms with van der Waals surface area (Å²) in [5.74, 6) is -0.0524. The van der Waals surface area contributed by atoms with Gasteiger partial charge in [0.15, 0.2) is 0 Å². The first-order valence-corrected chi connectivity index (χ1v) is 7.03. The quantitative estimate of drug-likeness (QED) is 0.740. The number of carbonyl (C=O) groups excluding carboxylic acids is 1. The Morgan fingerprint density at radius 1 is 1.26 bits per heavy atom. The van der Waals surface area contributed by atoms with E-state index in [9.17, 15) is 9.18 Å². The third-order valence-electron chi connectivity index (χ3n) is 3.42. The van der Waals surface area contributed by atoms with Crippen LogP contribution >= 0.6 is 11.6 Å². The zero-order chi connectivity index (χ0) is 16.6. The van der Waals surface area contributed by atoms with Gasteiger partial charge in [0.2, 0.25) is 0 Å². The molecule has 0 aliphatic heterocycles. The van der Waals surface area contributed by atoms with Crippen LogP contribution in [0.5, 0.6) is 5.75 Å². The van der Waals surface area contributed by atoms with Crippen molar-refractivity contribution in [2.75, 3.05) is 14.2 Å². The van der Waals surface area contributed by atoms with Crippen molar-refractivity contribution in [3.05, 3.63) is 46.7 Å². The van der Waals surface area contributed by atoms with Gasteiger partial charge in [-0.25, -0.2) is 14.2 Å². The molecule has 1 N–H and O–H groups in total. The lowest BCUT2D eigenvalue weighted by Gasteiger charge is -2.04. The number of aromatic amines is 1. The van der Waals surface area contributed by atoms with Gasteiger partial charge < -0.3 is 14.5 Å². The summed E-state index contributed by atoms with van der Waals surface area (Å²) in [4.78, 5) is 19.4. The largest absolute Gasteiger partial charge is 0.494 e. The van der Waals surface area contributed by atoms with Crippen molar-refractivity contribution in [3.63, 3.8) is 0 Å². The predicted molar refractivity (Wildman–Crippen MR) is 84.4 cm³/mol.